The van der Waals surface area contributed by atoms with Gasteiger partial charge in [0.05, 0.1) is 0 Å². The van der Waals surface area contributed by atoms with Crippen molar-refractivity contribution in [2.24, 2.45) is 0 Å². The lowest BCUT2D eigenvalue weighted by Gasteiger charge is -2.39. The van der Waals surface area contributed by atoms with Gasteiger partial charge in [-0.25, -0.2) is 0 Å². The molecule has 0 radical (unpaired) electrons. The lowest BCUT2D eigenvalue weighted by molar-refractivity contribution is 0.138. The molecule has 0 amide bonds. The van der Waals surface area contributed by atoms with E-state index < -0.39 is 0 Å². The van der Waals surface area contributed by atoms with Gasteiger partial charge < -0.3 is 4.57 Å². The molecular weight excluding hydrogens is 270 g/mol. The molecule has 3 nitrogen and oxygen atoms in total. The fraction of sp³-hybridized carbons (Fsp3) is 0.316. The van der Waals surface area contributed by atoms with E-state index in [1.54, 1.807) is 0 Å². The summed E-state index contributed by atoms with van der Waals surface area (Å²) in [6.45, 7) is 6.48. The summed E-state index contributed by atoms with van der Waals surface area (Å²) in [4.78, 5) is 6.99. The molecule has 0 saturated carbocycles. The highest BCUT2D eigenvalue weighted by Gasteiger charge is 2.29. The molecule has 2 aromatic heterocycles. The molecule has 0 bridgehead atoms. The SMILES string of the molecule is CCn1ccc2c(CN3CC(c4ccccn4)C3)cccc21. The fourth-order valence-electron chi connectivity index (χ4n) is 3.45. The quantitative estimate of drug-likeness (QED) is 0.731. The van der Waals surface area contributed by atoms with Crippen molar-refractivity contribution in [3.05, 3.63) is 66.1 Å². The van der Waals surface area contributed by atoms with E-state index in [1.807, 2.05) is 12.3 Å². The summed E-state index contributed by atoms with van der Waals surface area (Å²) in [6, 6.07) is 15.1. The molecule has 0 aliphatic carbocycles. The summed E-state index contributed by atoms with van der Waals surface area (Å²) in [6.07, 6.45) is 4.09. The van der Waals surface area contributed by atoms with Gasteiger partial charge in [-0.3, -0.25) is 9.88 Å². The second-order valence-corrected chi connectivity index (χ2v) is 6.10. The molecule has 1 saturated heterocycles. The molecule has 0 unspecified atom stereocenters. The second-order valence-electron chi connectivity index (χ2n) is 6.10. The van der Waals surface area contributed by atoms with Crippen molar-refractivity contribution in [1.29, 1.82) is 0 Å². The molecule has 1 aromatic carbocycles. The third-order valence-electron chi connectivity index (χ3n) is 4.70. The summed E-state index contributed by atoms with van der Waals surface area (Å²) in [5, 5.41) is 1.39. The first-order chi connectivity index (χ1) is 10.8. The van der Waals surface area contributed by atoms with Gasteiger partial charge in [-0.05, 0) is 36.8 Å². The van der Waals surface area contributed by atoms with E-state index in [0.29, 0.717) is 5.92 Å². The Kier molecular flexibility index (Phi) is 3.43. The van der Waals surface area contributed by atoms with Gasteiger partial charge in [0.15, 0.2) is 0 Å². The molecule has 3 heteroatoms. The number of pyridine rings is 1. The Hall–Kier alpha value is -2.13. The van der Waals surface area contributed by atoms with E-state index in [4.69, 9.17) is 0 Å². The molecule has 1 fully saturated rings. The Morgan fingerprint density at radius 2 is 2.00 bits per heavy atom. The van der Waals surface area contributed by atoms with Crippen molar-refractivity contribution in [2.75, 3.05) is 13.1 Å². The molecule has 112 valence electrons. The van der Waals surface area contributed by atoms with Crippen molar-refractivity contribution < 1.29 is 0 Å². The van der Waals surface area contributed by atoms with E-state index in [9.17, 15) is 0 Å². The first kappa shape index (κ1) is 13.5. The maximum atomic E-state index is 4.48. The van der Waals surface area contributed by atoms with Crippen LogP contribution in [0.4, 0.5) is 0 Å². The Balaban J connectivity index is 1.48. The van der Waals surface area contributed by atoms with Crippen LogP contribution in [0.1, 0.15) is 24.1 Å². The summed E-state index contributed by atoms with van der Waals surface area (Å²) in [7, 11) is 0. The van der Waals surface area contributed by atoms with Crippen molar-refractivity contribution >= 4 is 10.9 Å². The summed E-state index contributed by atoms with van der Waals surface area (Å²) >= 11 is 0. The van der Waals surface area contributed by atoms with Crippen LogP contribution in [0, 0.1) is 0 Å². The maximum Gasteiger partial charge on any atom is 0.0483 e. The Bertz CT molecular complexity index is 770. The van der Waals surface area contributed by atoms with Gasteiger partial charge in [-0.2, -0.15) is 0 Å². The minimum atomic E-state index is 0.598. The van der Waals surface area contributed by atoms with Gasteiger partial charge >= 0.3 is 0 Å². The van der Waals surface area contributed by atoms with E-state index >= 15 is 0 Å². The Morgan fingerprint density at radius 1 is 1.09 bits per heavy atom. The number of fused-ring (bicyclic) bond motifs is 1. The fourth-order valence-corrected chi connectivity index (χ4v) is 3.45. The van der Waals surface area contributed by atoms with Gasteiger partial charge in [-0.1, -0.05) is 18.2 Å². The number of aromatic nitrogens is 2. The molecule has 0 N–H and O–H groups in total. The smallest absolute Gasteiger partial charge is 0.0483 e. The summed E-state index contributed by atoms with van der Waals surface area (Å²) in [5.74, 6) is 0.598. The van der Waals surface area contributed by atoms with Crippen LogP contribution in [0.2, 0.25) is 0 Å². The number of likely N-dealkylation sites (tertiary alicyclic amines) is 1. The topological polar surface area (TPSA) is 21.1 Å². The van der Waals surface area contributed by atoms with Gasteiger partial charge in [0.2, 0.25) is 0 Å². The predicted molar refractivity (Wildman–Crippen MR) is 89.9 cm³/mol. The van der Waals surface area contributed by atoms with Gasteiger partial charge in [0.25, 0.3) is 0 Å². The Labute approximate surface area is 131 Å². The molecule has 22 heavy (non-hydrogen) atoms. The van der Waals surface area contributed by atoms with Crippen molar-refractivity contribution in [3.8, 4) is 0 Å². The number of hydrogen-bond acceptors (Lipinski definition) is 2. The number of rotatable bonds is 4. The highest BCUT2D eigenvalue weighted by atomic mass is 15.2. The van der Waals surface area contributed by atoms with Crippen molar-refractivity contribution in [1.82, 2.24) is 14.5 Å². The standard InChI is InChI=1S/C19H21N3/c1-2-22-11-9-17-15(6-5-8-19(17)22)12-21-13-16(14-21)18-7-3-4-10-20-18/h3-11,16H,2,12-14H2,1H3. The number of hydrogen-bond donors (Lipinski definition) is 0. The molecule has 0 spiro atoms. The average molecular weight is 291 g/mol. The maximum absolute atomic E-state index is 4.48. The van der Waals surface area contributed by atoms with Crippen LogP contribution in [-0.4, -0.2) is 27.5 Å². The molecule has 4 rings (SSSR count). The highest BCUT2D eigenvalue weighted by molar-refractivity contribution is 5.83. The van der Waals surface area contributed by atoms with Crippen LogP contribution in [0.5, 0.6) is 0 Å². The zero-order valence-electron chi connectivity index (χ0n) is 12.9. The van der Waals surface area contributed by atoms with Crippen LogP contribution in [0.25, 0.3) is 10.9 Å². The van der Waals surface area contributed by atoms with E-state index in [0.717, 1.165) is 26.2 Å². The van der Waals surface area contributed by atoms with Crippen molar-refractivity contribution in [2.45, 2.75) is 25.9 Å². The number of aryl methyl sites for hydroxylation is 1. The van der Waals surface area contributed by atoms with Gasteiger partial charge in [-0.15, -0.1) is 0 Å². The average Bonchev–Trinajstić information content (AvgIpc) is 2.95. The van der Waals surface area contributed by atoms with E-state index in [2.05, 4.69) is 64.0 Å². The molecular formula is C19H21N3. The normalized spacial score (nSPS) is 16.0. The molecule has 0 atom stereocenters. The second kappa shape index (κ2) is 5.58. The molecule has 3 aromatic rings. The van der Waals surface area contributed by atoms with Gasteiger partial charge in [0, 0.05) is 61.1 Å². The highest BCUT2D eigenvalue weighted by Crippen LogP contribution is 2.29. The van der Waals surface area contributed by atoms with E-state index in [1.165, 1.54) is 22.2 Å². The number of benzene rings is 1. The van der Waals surface area contributed by atoms with Crippen molar-refractivity contribution in [3.63, 3.8) is 0 Å². The predicted octanol–water partition coefficient (Wildman–Crippen LogP) is 3.66. The zero-order chi connectivity index (χ0) is 14.9. The largest absolute Gasteiger partial charge is 0.348 e. The van der Waals surface area contributed by atoms with Crippen LogP contribution in [0.3, 0.4) is 0 Å². The summed E-state index contributed by atoms with van der Waals surface area (Å²) in [5.41, 5.74) is 4.01. The minimum Gasteiger partial charge on any atom is -0.348 e. The monoisotopic (exact) mass is 291 g/mol. The molecule has 1 aliphatic heterocycles. The number of nitrogens with zero attached hydrogens (tertiary/aromatic N) is 3. The third-order valence-corrected chi connectivity index (χ3v) is 4.70. The lowest BCUT2D eigenvalue weighted by Crippen LogP contribution is -2.44. The first-order valence-electron chi connectivity index (χ1n) is 8.05. The molecule has 3 heterocycles. The van der Waals surface area contributed by atoms with Crippen LogP contribution in [0.15, 0.2) is 54.9 Å². The summed E-state index contributed by atoms with van der Waals surface area (Å²) < 4.78 is 2.31. The van der Waals surface area contributed by atoms with Crippen LogP contribution >= 0.6 is 0 Å². The first-order valence-corrected chi connectivity index (χ1v) is 8.05. The zero-order valence-corrected chi connectivity index (χ0v) is 12.9. The third kappa shape index (κ3) is 2.32. The van der Waals surface area contributed by atoms with E-state index in [-0.39, 0.29) is 0 Å². The molecule has 1 aliphatic rings. The van der Waals surface area contributed by atoms with Crippen LogP contribution < -0.4 is 0 Å². The minimum absolute atomic E-state index is 0.598. The lowest BCUT2D eigenvalue weighted by atomic mass is 9.94. The van der Waals surface area contributed by atoms with Gasteiger partial charge in [0.1, 0.15) is 0 Å². The Morgan fingerprint density at radius 3 is 2.77 bits per heavy atom. The van der Waals surface area contributed by atoms with Crippen LogP contribution in [-0.2, 0) is 13.1 Å².